The van der Waals surface area contributed by atoms with Crippen LogP contribution in [0, 0.1) is 0 Å². The van der Waals surface area contributed by atoms with E-state index in [1.807, 2.05) is 11.8 Å². The van der Waals surface area contributed by atoms with Gasteiger partial charge in [0.05, 0.1) is 5.54 Å². The zero-order chi connectivity index (χ0) is 10.6. The zero-order valence-corrected chi connectivity index (χ0v) is 9.38. The van der Waals surface area contributed by atoms with Crippen LogP contribution in [0.3, 0.4) is 0 Å². The van der Waals surface area contributed by atoms with Crippen molar-refractivity contribution in [3.05, 3.63) is 0 Å². The van der Waals surface area contributed by atoms with Gasteiger partial charge in [0, 0.05) is 13.1 Å². The van der Waals surface area contributed by atoms with Crippen LogP contribution in [0.4, 0.5) is 0 Å². The van der Waals surface area contributed by atoms with E-state index in [0.29, 0.717) is 0 Å². The molecular formula is C11H22N2O. The number of carbonyl (C=O) groups is 1. The highest BCUT2D eigenvalue weighted by Gasteiger charge is 2.42. The fourth-order valence-electron chi connectivity index (χ4n) is 1.84. The first-order valence-electron chi connectivity index (χ1n) is 5.72. The molecule has 0 unspecified atom stereocenters. The Kier molecular flexibility index (Phi) is 3.93. The Morgan fingerprint density at radius 1 is 1.43 bits per heavy atom. The summed E-state index contributed by atoms with van der Waals surface area (Å²) in [5.74, 6) is 0.166. The van der Waals surface area contributed by atoms with Crippen LogP contribution in [0.25, 0.3) is 0 Å². The number of rotatable bonds is 5. The van der Waals surface area contributed by atoms with E-state index in [9.17, 15) is 4.79 Å². The van der Waals surface area contributed by atoms with Crippen LogP contribution < -0.4 is 5.73 Å². The SMILES string of the molecule is CCCCN(CC)C(=O)C1(N)CCC1. The van der Waals surface area contributed by atoms with Gasteiger partial charge in [-0.2, -0.15) is 0 Å². The summed E-state index contributed by atoms with van der Waals surface area (Å²) in [6.07, 6.45) is 5.05. The van der Waals surface area contributed by atoms with E-state index in [2.05, 4.69) is 6.92 Å². The van der Waals surface area contributed by atoms with Crippen LogP contribution in [0.5, 0.6) is 0 Å². The smallest absolute Gasteiger partial charge is 0.242 e. The van der Waals surface area contributed by atoms with Crippen LogP contribution in [-0.2, 0) is 4.79 Å². The number of hydrogen-bond acceptors (Lipinski definition) is 2. The molecule has 2 N–H and O–H groups in total. The monoisotopic (exact) mass is 198 g/mol. The Morgan fingerprint density at radius 3 is 2.43 bits per heavy atom. The second kappa shape index (κ2) is 4.78. The summed E-state index contributed by atoms with van der Waals surface area (Å²) in [5.41, 5.74) is 5.49. The van der Waals surface area contributed by atoms with Gasteiger partial charge in [-0.1, -0.05) is 13.3 Å². The van der Waals surface area contributed by atoms with Crippen LogP contribution in [0.2, 0.25) is 0 Å². The maximum Gasteiger partial charge on any atom is 0.242 e. The molecule has 1 rings (SSSR count). The van der Waals surface area contributed by atoms with Crippen LogP contribution in [-0.4, -0.2) is 29.4 Å². The number of nitrogens with zero attached hydrogens (tertiary/aromatic N) is 1. The molecule has 0 aliphatic heterocycles. The molecule has 1 aliphatic rings. The van der Waals surface area contributed by atoms with Gasteiger partial charge >= 0.3 is 0 Å². The molecule has 1 saturated carbocycles. The third kappa shape index (κ3) is 2.27. The summed E-state index contributed by atoms with van der Waals surface area (Å²) < 4.78 is 0. The highest BCUT2D eigenvalue weighted by Crippen LogP contribution is 2.30. The van der Waals surface area contributed by atoms with Gasteiger partial charge in [0.2, 0.25) is 5.91 Å². The predicted molar refractivity (Wildman–Crippen MR) is 57.9 cm³/mol. The van der Waals surface area contributed by atoms with Crippen molar-refractivity contribution >= 4 is 5.91 Å². The van der Waals surface area contributed by atoms with E-state index in [-0.39, 0.29) is 5.91 Å². The number of likely N-dealkylation sites (N-methyl/N-ethyl adjacent to an activating group) is 1. The Hall–Kier alpha value is -0.570. The molecule has 82 valence electrons. The van der Waals surface area contributed by atoms with Crippen molar-refractivity contribution in [1.82, 2.24) is 4.90 Å². The average molecular weight is 198 g/mol. The first kappa shape index (κ1) is 11.5. The van der Waals surface area contributed by atoms with E-state index in [1.165, 1.54) is 0 Å². The summed E-state index contributed by atoms with van der Waals surface area (Å²) in [7, 11) is 0. The number of amides is 1. The molecule has 0 aromatic heterocycles. The topological polar surface area (TPSA) is 46.3 Å². The van der Waals surface area contributed by atoms with Gasteiger partial charge in [-0.15, -0.1) is 0 Å². The van der Waals surface area contributed by atoms with E-state index in [0.717, 1.165) is 45.2 Å². The Balaban J connectivity index is 2.46. The molecule has 0 bridgehead atoms. The highest BCUT2D eigenvalue weighted by atomic mass is 16.2. The fourth-order valence-corrected chi connectivity index (χ4v) is 1.84. The summed E-state index contributed by atoms with van der Waals surface area (Å²) in [6.45, 7) is 5.82. The van der Waals surface area contributed by atoms with Crippen LogP contribution in [0.15, 0.2) is 0 Å². The Labute approximate surface area is 86.6 Å². The minimum Gasteiger partial charge on any atom is -0.341 e. The van der Waals surface area contributed by atoms with Crippen molar-refractivity contribution in [2.75, 3.05) is 13.1 Å². The summed E-state index contributed by atoms with van der Waals surface area (Å²) >= 11 is 0. The van der Waals surface area contributed by atoms with Gasteiger partial charge in [-0.05, 0) is 32.6 Å². The van der Waals surface area contributed by atoms with Gasteiger partial charge < -0.3 is 10.6 Å². The molecule has 0 saturated heterocycles. The largest absolute Gasteiger partial charge is 0.341 e. The second-order valence-electron chi connectivity index (χ2n) is 4.25. The van der Waals surface area contributed by atoms with Crippen molar-refractivity contribution in [2.24, 2.45) is 5.73 Å². The molecule has 0 spiro atoms. The molecule has 3 nitrogen and oxygen atoms in total. The third-order valence-corrected chi connectivity index (χ3v) is 3.12. The molecule has 0 aromatic rings. The first-order valence-corrected chi connectivity index (χ1v) is 5.72. The first-order chi connectivity index (χ1) is 6.64. The number of nitrogens with two attached hydrogens (primary N) is 1. The van der Waals surface area contributed by atoms with Crippen LogP contribution >= 0.6 is 0 Å². The molecule has 14 heavy (non-hydrogen) atoms. The van der Waals surface area contributed by atoms with Crippen molar-refractivity contribution in [3.8, 4) is 0 Å². The van der Waals surface area contributed by atoms with Crippen molar-refractivity contribution < 1.29 is 4.79 Å². The molecule has 0 aromatic carbocycles. The molecule has 1 fully saturated rings. The van der Waals surface area contributed by atoms with Gasteiger partial charge in [-0.25, -0.2) is 0 Å². The lowest BCUT2D eigenvalue weighted by Gasteiger charge is -2.40. The number of hydrogen-bond donors (Lipinski definition) is 1. The lowest BCUT2D eigenvalue weighted by Crippen LogP contribution is -2.59. The standard InChI is InChI=1S/C11H22N2O/c1-3-5-9-13(4-2)10(14)11(12)7-6-8-11/h3-9,12H2,1-2H3. The molecule has 1 amide bonds. The van der Waals surface area contributed by atoms with E-state index in [4.69, 9.17) is 5.73 Å². The van der Waals surface area contributed by atoms with E-state index in [1.54, 1.807) is 0 Å². The Bertz CT molecular complexity index is 199. The number of carbonyl (C=O) groups excluding carboxylic acids is 1. The zero-order valence-electron chi connectivity index (χ0n) is 9.38. The van der Waals surface area contributed by atoms with Gasteiger partial charge in [-0.3, -0.25) is 4.79 Å². The van der Waals surface area contributed by atoms with Crippen LogP contribution in [0.1, 0.15) is 46.0 Å². The Morgan fingerprint density at radius 2 is 2.07 bits per heavy atom. The summed E-state index contributed by atoms with van der Waals surface area (Å²) in [6, 6.07) is 0. The summed E-state index contributed by atoms with van der Waals surface area (Å²) in [5, 5.41) is 0. The van der Waals surface area contributed by atoms with Crippen molar-refractivity contribution in [3.63, 3.8) is 0 Å². The number of unbranched alkanes of at least 4 members (excludes halogenated alkanes) is 1. The normalized spacial score (nSPS) is 18.8. The minimum atomic E-state index is -0.510. The molecule has 0 atom stereocenters. The lowest BCUT2D eigenvalue weighted by molar-refractivity contribution is -0.140. The maximum absolute atomic E-state index is 12.0. The molecule has 0 radical (unpaired) electrons. The predicted octanol–water partition coefficient (Wildman–Crippen LogP) is 1.52. The quantitative estimate of drug-likeness (QED) is 0.728. The van der Waals surface area contributed by atoms with Gasteiger partial charge in [0.25, 0.3) is 0 Å². The summed E-state index contributed by atoms with van der Waals surface area (Å²) in [4.78, 5) is 13.9. The highest BCUT2D eigenvalue weighted by molar-refractivity contribution is 5.87. The van der Waals surface area contributed by atoms with Gasteiger partial charge in [0.1, 0.15) is 0 Å². The molecule has 3 heteroatoms. The van der Waals surface area contributed by atoms with Crippen molar-refractivity contribution in [2.45, 2.75) is 51.5 Å². The van der Waals surface area contributed by atoms with E-state index >= 15 is 0 Å². The molecule has 0 heterocycles. The third-order valence-electron chi connectivity index (χ3n) is 3.12. The maximum atomic E-state index is 12.0. The minimum absolute atomic E-state index is 0.166. The average Bonchev–Trinajstić information content (AvgIpc) is 2.15. The fraction of sp³-hybridized carbons (Fsp3) is 0.909. The van der Waals surface area contributed by atoms with E-state index < -0.39 is 5.54 Å². The van der Waals surface area contributed by atoms with Crippen molar-refractivity contribution in [1.29, 1.82) is 0 Å². The molecule has 1 aliphatic carbocycles. The second-order valence-corrected chi connectivity index (χ2v) is 4.25. The van der Waals surface area contributed by atoms with Gasteiger partial charge in [0.15, 0.2) is 0 Å². The molecular weight excluding hydrogens is 176 g/mol. The lowest BCUT2D eigenvalue weighted by atomic mass is 9.76.